The fraction of sp³-hybridized carbons (Fsp3) is 0.800. The van der Waals surface area contributed by atoms with E-state index in [4.69, 9.17) is 5.73 Å². The molecule has 0 aromatic carbocycles. The van der Waals surface area contributed by atoms with E-state index in [1.807, 2.05) is 19.0 Å². The standard InChI is InChI=1S/C10H18N4S/c1-14(2)10-13-12-9(15-10)7-3-5-8(11)6-4-7/h7-8H,3-6,11H2,1-2H3. The maximum atomic E-state index is 5.89. The van der Waals surface area contributed by atoms with Gasteiger partial charge in [-0.1, -0.05) is 11.3 Å². The van der Waals surface area contributed by atoms with Crippen molar-refractivity contribution in [2.24, 2.45) is 5.73 Å². The molecular weight excluding hydrogens is 208 g/mol. The summed E-state index contributed by atoms with van der Waals surface area (Å²) in [6.07, 6.45) is 4.59. The summed E-state index contributed by atoms with van der Waals surface area (Å²) in [5.74, 6) is 0.594. The highest BCUT2D eigenvalue weighted by Crippen LogP contribution is 2.35. The minimum Gasteiger partial charge on any atom is -0.353 e. The van der Waals surface area contributed by atoms with E-state index in [0.29, 0.717) is 12.0 Å². The van der Waals surface area contributed by atoms with Crippen LogP contribution in [0, 0.1) is 0 Å². The van der Waals surface area contributed by atoms with Crippen molar-refractivity contribution in [2.45, 2.75) is 37.6 Å². The van der Waals surface area contributed by atoms with Crippen LogP contribution in [0.3, 0.4) is 0 Å². The Morgan fingerprint density at radius 1 is 1.20 bits per heavy atom. The zero-order valence-electron chi connectivity index (χ0n) is 9.31. The molecule has 1 saturated carbocycles. The quantitative estimate of drug-likeness (QED) is 0.832. The van der Waals surface area contributed by atoms with Gasteiger partial charge in [0.25, 0.3) is 0 Å². The number of anilines is 1. The molecule has 1 aliphatic carbocycles. The lowest BCUT2D eigenvalue weighted by Gasteiger charge is -2.23. The summed E-state index contributed by atoms with van der Waals surface area (Å²) in [5, 5.41) is 10.6. The SMILES string of the molecule is CN(C)c1nnc(C2CCC(N)CC2)s1. The molecule has 0 spiro atoms. The van der Waals surface area contributed by atoms with Crippen molar-refractivity contribution in [3.8, 4) is 0 Å². The minimum atomic E-state index is 0.405. The van der Waals surface area contributed by atoms with Crippen LogP contribution in [0.4, 0.5) is 5.13 Å². The van der Waals surface area contributed by atoms with Crippen molar-refractivity contribution in [3.05, 3.63) is 5.01 Å². The third kappa shape index (κ3) is 2.46. The van der Waals surface area contributed by atoms with Crippen molar-refractivity contribution < 1.29 is 0 Å². The second-order valence-corrected chi connectivity index (χ2v) is 5.42. The second-order valence-electron chi connectivity index (χ2n) is 4.43. The van der Waals surface area contributed by atoms with Crippen LogP contribution in [-0.4, -0.2) is 30.3 Å². The van der Waals surface area contributed by atoms with Crippen LogP contribution in [-0.2, 0) is 0 Å². The van der Waals surface area contributed by atoms with Crippen molar-refractivity contribution in [3.63, 3.8) is 0 Å². The molecule has 1 heterocycles. The van der Waals surface area contributed by atoms with Gasteiger partial charge in [-0.05, 0) is 25.7 Å². The molecule has 5 heteroatoms. The first-order valence-corrected chi connectivity index (χ1v) is 6.24. The van der Waals surface area contributed by atoms with Gasteiger partial charge in [0, 0.05) is 26.1 Å². The molecule has 15 heavy (non-hydrogen) atoms. The fourth-order valence-electron chi connectivity index (χ4n) is 1.94. The Balaban J connectivity index is 2.03. The van der Waals surface area contributed by atoms with E-state index in [9.17, 15) is 0 Å². The van der Waals surface area contributed by atoms with Crippen LogP contribution in [0.25, 0.3) is 0 Å². The summed E-state index contributed by atoms with van der Waals surface area (Å²) < 4.78 is 0. The Morgan fingerprint density at radius 3 is 2.40 bits per heavy atom. The summed E-state index contributed by atoms with van der Waals surface area (Å²) in [6, 6.07) is 0.405. The number of rotatable bonds is 2. The Morgan fingerprint density at radius 2 is 1.87 bits per heavy atom. The Hall–Kier alpha value is -0.680. The van der Waals surface area contributed by atoms with Crippen molar-refractivity contribution in [2.75, 3.05) is 19.0 Å². The largest absolute Gasteiger partial charge is 0.353 e. The topological polar surface area (TPSA) is 55.0 Å². The monoisotopic (exact) mass is 226 g/mol. The number of aromatic nitrogens is 2. The summed E-state index contributed by atoms with van der Waals surface area (Å²) in [6.45, 7) is 0. The van der Waals surface area contributed by atoms with Crippen LogP contribution in [0.1, 0.15) is 36.6 Å². The van der Waals surface area contributed by atoms with E-state index < -0.39 is 0 Å². The summed E-state index contributed by atoms with van der Waals surface area (Å²) in [4.78, 5) is 2.01. The zero-order chi connectivity index (χ0) is 10.8. The lowest BCUT2D eigenvalue weighted by Crippen LogP contribution is -2.25. The third-order valence-corrected chi connectivity index (χ3v) is 4.19. The number of nitrogens with two attached hydrogens (primary N) is 1. The molecule has 1 fully saturated rings. The minimum absolute atomic E-state index is 0.405. The van der Waals surface area contributed by atoms with E-state index >= 15 is 0 Å². The highest BCUT2D eigenvalue weighted by molar-refractivity contribution is 7.15. The fourth-order valence-corrected chi connectivity index (χ4v) is 2.87. The third-order valence-electron chi connectivity index (χ3n) is 2.93. The van der Waals surface area contributed by atoms with Gasteiger partial charge in [0.15, 0.2) is 0 Å². The lowest BCUT2D eigenvalue weighted by atomic mass is 9.87. The van der Waals surface area contributed by atoms with Crippen molar-refractivity contribution in [1.82, 2.24) is 10.2 Å². The first kappa shape index (κ1) is 10.8. The van der Waals surface area contributed by atoms with E-state index in [1.165, 1.54) is 17.8 Å². The zero-order valence-corrected chi connectivity index (χ0v) is 10.1. The highest BCUT2D eigenvalue weighted by atomic mass is 32.1. The Bertz CT molecular complexity index is 315. The lowest BCUT2D eigenvalue weighted by molar-refractivity contribution is 0.393. The van der Waals surface area contributed by atoms with Gasteiger partial charge >= 0.3 is 0 Å². The van der Waals surface area contributed by atoms with Gasteiger partial charge in [0.1, 0.15) is 5.01 Å². The van der Waals surface area contributed by atoms with Gasteiger partial charge in [-0.2, -0.15) is 0 Å². The van der Waals surface area contributed by atoms with E-state index in [0.717, 1.165) is 18.0 Å². The molecule has 0 unspecified atom stereocenters. The van der Waals surface area contributed by atoms with Gasteiger partial charge in [-0.15, -0.1) is 10.2 Å². The molecule has 2 rings (SSSR count). The molecule has 1 aliphatic rings. The maximum Gasteiger partial charge on any atom is 0.207 e. The number of hydrogen-bond donors (Lipinski definition) is 1. The van der Waals surface area contributed by atoms with Crippen LogP contribution in [0.5, 0.6) is 0 Å². The first-order valence-electron chi connectivity index (χ1n) is 5.43. The van der Waals surface area contributed by atoms with Crippen LogP contribution in [0.2, 0.25) is 0 Å². The smallest absolute Gasteiger partial charge is 0.207 e. The normalized spacial score (nSPS) is 26.6. The first-order chi connectivity index (χ1) is 7.16. The molecule has 0 saturated heterocycles. The van der Waals surface area contributed by atoms with Gasteiger partial charge in [0.05, 0.1) is 0 Å². The molecule has 2 N–H and O–H groups in total. The Labute approximate surface area is 94.5 Å². The van der Waals surface area contributed by atoms with E-state index in [2.05, 4.69) is 10.2 Å². The maximum absolute atomic E-state index is 5.89. The van der Waals surface area contributed by atoms with Gasteiger partial charge < -0.3 is 10.6 Å². The molecule has 0 aliphatic heterocycles. The molecule has 84 valence electrons. The van der Waals surface area contributed by atoms with Crippen LogP contribution < -0.4 is 10.6 Å². The van der Waals surface area contributed by atoms with Gasteiger partial charge in [-0.3, -0.25) is 0 Å². The number of hydrogen-bond acceptors (Lipinski definition) is 5. The molecule has 4 nitrogen and oxygen atoms in total. The second kappa shape index (κ2) is 4.45. The van der Waals surface area contributed by atoms with Crippen molar-refractivity contribution in [1.29, 1.82) is 0 Å². The molecule has 0 amide bonds. The van der Waals surface area contributed by atoms with Crippen molar-refractivity contribution >= 4 is 16.5 Å². The summed E-state index contributed by atoms with van der Waals surface area (Å²) in [5.41, 5.74) is 5.89. The van der Waals surface area contributed by atoms with Gasteiger partial charge in [0.2, 0.25) is 5.13 Å². The highest BCUT2D eigenvalue weighted by Gasteiger charge is 2.23. The molecule has 0 atom stereocenters. The molecule has 1 aromatic rings. The molecule has 1 aromatic heterocycles. The molecule has 0 radical (unpaired) electrons. The van der Waals surface area contributed by atoms with Crippen LogP contribution in [0.15, 0.2) is 0 Å². The molecule has 0 bridgehead atoms. The average Bonchev–Trinajstić information content (AvgIpc) is 2.68. The summed E-state index contributed by atoms with van der Waals surface area (Å²) >= 11 is 1.71. The molecular formula is C10H18N4S. The number of nitrogens with zero attached hydrogens (tertiary/aromatic N) is 3. The summed E-state index contributed by atoms with van der Waals surface area (Å²) in [7, 11) is 4.00. The van der Waals surface area contributed by atoms with Crippen LogP contribution >= 0.6 is 11.3 Å². The van der Waals surface area contributed by atoms with E-state index in [-0.39, 0.29) is 0 Å². The Kier molecular flexibility index (Phi) is 3.21. The van der Waals surface area contributed by atoms with Gasteiger partial charge in [-0.25, -0.2) is 0 Å². The average molecular weight is 226 g/mol. The predicted octanol–water partition coefficient (Wildman–Crippen LogP) is 1.59. The predicted molar refractivity (Wildman–Crippen MR) is 63.4 cm³/mol. The van der Waals surface area contributed by atoms with E-state index in [1.54, 1.807) is 11.3 Å².